The summed E-state index contributed by atoms with van der Waals surface area (Å²) in [6, 6.07) is 8.12. The highest BCUT2D eigenvalue weighted by Crippen LogP contribution is 2.15. The lowest BCUT2D eigenvalue weighted by molar-refractivity contribution is -0.138. The van der Waals surface area contributed by atoms with Crippen molar-refractivity contribution in [3.05, 3.63) is 36.1 Å². The van der Waals surface area contributed by atoms with E-state index >= 15 is 0 Å². The van der Waals surface area contributed by atoms with Crippen LogP contribution in [0, 0.1) is 6.92 Å². The van der Waals surface area contributed by atoms with Crippen molar-refractivity contribution in [3.63, 3.8) is 0 Å². The van der Waals surface area contributed by atoms with E-state index in [-0.39, 0.29) is 12.1 Å². The number of carboxylic acid groups (broad SMARTS) is 1. The first-order valence-electron chi connectivity index (χ1n) is 8.53. The summed E-state index contributed by atoms with van der Waals surface area (Å²) < 4.78 is 9.72. The van der Waals surface area contributed by atoms with Crippen LogP contribution in [0.2, 0.25) is 0 Å². The van der Waals surface area contributed by atoms with Crippen LogP contribution in [0.15, 0.2) is 34.9 Å². The Morgan fingerprint density at radius 2 is 1.69 bits per heavy atom. The van der Waals surface area contributed by atoms with Crippen LogP contribution in [0.4, 0.5) is 0 Å². The fraction of sp³-hybridized carbons (Fsp3) is 0.500. The average molecular weight is 370 g/mol. The number of carbonyl (C=O) groups is 2. The number of hydrogen-bond donors (Lipinski definition) is 2. The van der Waals surface area contributed by atoms with E-state index < -0.39 is 0 Å². The molecule has 150 valence electrons. The van der Waals surface area contributed by atoms with E-state index in [0.717, 1.165) is 12.1 Å². The summed E-state index contributed by atoms with van der Waals surface area (Å²) in [7, 11) is 1.93. The second-order valence-corrected chi connectivity index (χ2v) is 5.60. The summed E-state index contributed by atoms with van der Waals surface area (Å²) in [5.74, 6) is 0. The van der Waals surface area contributed by atoms with Crippen molar-refractivity contribution in [1.29, 1.82) is 0 Å². The minimum atomic E-state index is -0.318. The van der Waals surface area contributed by atoms with Gasteiger partial charge in [-0.1, -0.05) is 32.4 Å². The SMILES string of the molecule is CC.CC(C)(C)OC=O.CCNC.Cc1ccc2occc2c1.O=CO. The van der Waals surface area contributed by atoms with Crippen LogP contribution in [0.5, 0.6) is 0 Å². The molecule has 0 saturated carbocycles. The first-order chi connectivity index (χ1) is 12.2. The molecule has 26 heavy (non-hydrogen) atoms. The van der Waals surface area contributed by atoms with Gasteiger partial charge in [0.05, 0.1) is 6.26 Å². The van der Waals surface area contributed by atoms with E-state index in [1.54, 1.807) is 6.26 Å². The maximum absolute atomic E-state index is 9.60. The number of benzene rings is 1. The molecule has 0 unspecified atom stereocenters. The van der Waals surface area contributed by atoms with Gasteiger partial charge in [-0.25, -0.2) is 0 Å². The molecule has 1 aromatic carbocycles. The quantitative estimate of drug-likeness (QED) is 0.749. The highest BCUT2D eigenvalue weighted by Gasteiger charge is 2.07. The van der Waals surface area contributed by atoms with Gasteiger partial charge >= 0.3 is 0 Å². The molecular formula is C20H35NO5. The van der Waals surface area contributed by atoms with E-state index in [2.05, 4.69) is 30.0 Å². The number of rotatable bonds is 2. The molecule has 0 spiro atoms. The number of furan rings is 1. The van der Waals surface area contributed by atoms with E-state index in [4.69, 9.17) is 14.3 Å². The second kappa shape index (κ2) is 19.0. The Bertz CT molecular complexity index is 557. The van der Waals surface area contributed by atoms with E-state index in [0.29, 0.717) is 6.47 Å². The molecule has 2 aromatic rings. The first kappa shape index (κ1) is 28.5. The van der Waals surface area contributed by atoms with Gasteiger partial charge in [-0.15, -0.1) is 0 Å². The molecule has 0 aliphatic heterocycles. The van der Waals surface area contributed by atoms with Crippen molar-refractivity contribution in [3.8, 4) is 0 Å². The highest BCUT2D eigenvalue weighted by atomic mass is 16.5. The minimum Gasteiger partial charge on any atom is -0.483 e. The van der Waals surface area contributed by atoms with Crippen LogP contribution in [-0.4, -0.2) is 37.2 Å². The predicted octanol–water partition coefficient (Wildman–Crippen LogP) is 4.65. The molecule has 6 heteroatoms. The summed E-state index contributed by atoms with van der Waals surface area (Å²) in [5.41, 5.74) is 1.92. The third-order valence-corrected chi connectivity index (χ3v) is 2.36. The number of hydrogen-bond acceptors (Lipinski definition) is 5. The van der Waals surface area contributed by atoms with Gasteiger partial charge in [-0.3, -0.25) is 9.59 Å². The number of aryl methyl sites for hydroxylation is 1. The predicted molar refractivity (Wildman–Crippen MR) is 107 cm³/mol. The lowest BCUT2D eigenvalue weighted by Crippen LogP contribution is -2.17. The van der Waals surface area contributed by atoms with Crippen LogP contribution in [0.1, 0.15) is 47.1 Å². The lowest BCUT2D eigenvalue weighted by atomic mass is 10.2. The monoisotopic (exact) mass is 369 g/mol. The Balaban J connectivity index is -0.000000292. The van der Waals surface area contributed by atoms with Crippen molar-refractivity contribution in [1.82, 2.24) is 5.32 Å². The van der Waals surface area contributed by atoms with Crippen molar-refractivity contribution in [2.24, 2.45) is 0 Å². The van der Waals surface area contributed by atoms with Crippen molar-refractivity contribution >= 4 is 23.9 Å². The Kier molecular flexibility index (Phi) is 20.8. The summed E-state index contributed by atoms with van der Waals surface area (Å²) in [6.07, 6.45) is 1.71. The molecule has 0 atom stereocenters. The van der Waals surface area contributed by atoms with Crippen molar-refractivity contribution in [2.75, 3.05) is 13.6 Å². The van der Waals surface area contributed by atoms with Gasteiger partial charge in [0, 0.05) is 5.39 Å². The van der Waals surface area contributed by atoms with Gasteiger partial charge in [-0.05, 0) is 59.5 Å². The third kappa shape index (κ3) is 19.7. The Morgan fingerprint density at radius 1 is 1.19 bits per heavy atom. The maximum atomic E-state index is 9.60. The van der Waals surface area contributed by atoms with E-state index in [1.165, 1.54) is 10.9 Å². The fourth-order valence-electron chi connectivity index (χ4n) is 1.23. The molecule has 1 aromatic heterocycles. The molecule has 2 N–H and O–H groups in total. The Morgan fingerprint density at radius 3 is 2.04 bits per heavy atom. The van der Waals surface area contributed by atoms with Crippen LogP contribution < -0.4 is 5.32 Å². The summed E-state index contributed by atoms with van der Waals surface area (Å²) in [6.45, 7) is 14.9. The summed E-state index contributed by atoms with van der Waals surface area (Å²) in [5, 5.41) is 11.0. The van der Waals surface area contributed by atoms with Crippen LogP contribution in [-0.2, 0) is 14.3 Å². The molecule has 1 heterocycles. The van der Waals surface area contributed by atoms with E-state index in [9.17, 15) is 4.79 Å². The normalized spacial score (nSPS) is 8.77. The smallest absolute Gasteiger partial charge is 0.293 e. The van der Waals surface area contributed by atoms with Gasteiger partial charge in [0.1, 0.15) is 11.2 Å². The topological polar surface area (TPSA) is 88.8 Å². The average Bonchev–Trinajstić information content (AvgIpc) is 3.04. The Labute approximate surface area is 157 Å². The third-order valence-electron chi connectivity index (χ3n) is 2.36. The number of ether oxygens (including phenoxy) is 1. The zero-order chi connectivity index (χ0) is 21.0. The maximum Gasteiger partial charge on any atom is 0.293 e. The molecule has 0 fully saturated rings. The zero-order valence-electron chi connectivity index (χ0n) is 17.3. The molecule has 0 bridgehead atoms. The van der Waals surface area contributed by atoms with Gasteiger partial charge in [0.15, 0.2) is 0 Å². The number of nitrogens with one attached hydrogen (secondary N) is 1. The lowest BCUT2D eigenvalue weighted by Gasteiger charge is -2.14. The first-order valence-corrected chi connectivity index (χ1v) is 8.53. The zero-order valence-corrected chi connectivity index (χ0v) is 17.3. The molecule has 0 aliphatic carbocycles. The summed E-state index contributed by atoms with van der Waals surface area (Å²) in [4.78, 5) is 18.0. The van der Waals surface area contributed by atoms with Crippen LogP contribution in [0.25, 0.3) is 11.0 Å². The molecule has 0 aliphatic rings. The van der Waals surface area contributed by atoms with Gasteiger partial charge in [0.2, 0.25) is 0 Å². The molecule has 6 nitrogen and oxygen atoms in total. The number of fused-ring (bicyclic) bond motifs is 1. The van der Waals surface area contributed by atoms with Gasteiger partial charge < -0.3 is 19.6 Å². The fourth-order valence-corrected chi connectivity index (χ4v) is 1.23. The molecule has 0 saturated heterocycles. The second-order valence-electron chi connectivity index (χ2n) is 5.60. The standard InChI is InChI=1S/C9H8O.C5H10O2.C3H9N.C2H6.CH2O2/c1-7-2-3-9-8(6-7)4-5-10-9;1-5(2,3)7-4-6;1-3-4-2;1-2;2-1-3/h2-6H,1H3;4H,1-3H3;4H,3H2,1-2H3;1-2H3;1H,(H,2,3). The number of carbonyl (C=O) groups excluding carboxylic acids is 1. The molecule has 2 rings (SSSR count). The molecule has 0 radical (unpaired) electrons. The Hall–Kier alpha value is -2.34. The molecular weight excluding hydrogens is 334 g/mol. The molecule has 0 amide bonds. The van der Waals surface area contributed by atoms with Crippen molar-refractivity contribution < 1.29 is 23.8 Å². The van der Waals surface area contributed by atoms with Crippen LogP contribution >= 0.6 is 0 Å². The van der Waals surface area contributed by atoms with Gasteiger partial charge in [-0.2, -0.15) is 0 Å². The van der Waals surface area contributed by atoms with Crippen LogP contribution in [0.3, 0.4) is 0 Å². The highest BCUT2D eigenvalue weighted by molar-refractivity contribution is 5.77. The van der Waals surface area contributed by atoms with Gasteiger partial charge in [0.25, 0.3) is 12.9 Å². The van der Waals surface area contributed by atoms with Crippen molar-refractivity contribution in [2.45, 2.75) is 54.1 Å². The van der Waals surface area contributed by atoms with E-state index in [1.807, 2.05) is 59.9 Å². The minimum absolute atomic E-state index is 0.250. The summed E-state index contributed by atoms with van der Waals surface area (Å²) >= 11 is 0. The largest absolute Gasteiger partial charge is 0.483 e.